The molecule has 1 aliphatic heterocycles. The molecule has 152 valence electrons. The minimum absolute atomic E-state index is 0.105. The molecule has 0 spiro atoms. The average molecular weight is 390 g/mol. The SMILES string of the molecule is CCCOc1ccc(N2C(=O)C[C@H](N(CCC)C(=O)CCC(=O)O)C2=O)cc1. The Morgan fingerprint density at radius 1 is 1.14 bits per heavy atom. The summed E-state index contributed by atoms with van der Waals surface area (Å²) in [4.78, 5) is 51.0. The highest BCUT2D eigenvalue weighted by molar-refractivity contribution is 6.23. The standard InChI is InChI=1S/C20H26N2O6/c1-3-11-21(17(23)9-10-19(25)26)16-13-18(24)22(20(16)27)14-5-7-15(8-6-14)28-12-4-2/h5-8,16H,3-4,9-13H2,1-2H3,(H,25,26)/t16-/m0/s1. The minimum atomic E-state index is -1.08. The second kappa shape index (κ2) is 9.87. The Labute approximate surface area is 164 Å². The fourth-order valence-electron chi connectivity index (χ4n) is 3.09. The molecule has 28 heavy (non-hydrogen) atoms. The second-order valence-electron chi connectivity index (χ2n) is 6.61. The first kappa shape index (κ1) is 21.4. The average Bonchev–Trinajstić information content (AvgIpc) is 2.97. The van der Waals surface area contributed by atoms with Crippen molar-refractivity contribution in [2.24, 2.45) is 0 Å². The summed E-state index contributed by atoms with van der Waals surface area (Å²) in [7, 11) is 0. The van der Waals surface area contributed by atoms with E-state index in [1.165, 1.54) is 4.90 Å². The van der Waals surface area contributed by atoms with Gasteiger partial charge in [0.05, 0.1) is 25.1 Å². The van der Waals surface area contributed by atoms with Gasteiger partial charge in [0.1, 0.15) is 11.8 Å². The number of carboxylic acids is 1. The van der Waals surface area contributed by atoms with Crippen LogP contribution in [0.2, 0.25) is 0 Å². The quantitative estimate of drug-likeness (QED) is 0.614. The van der Waals surface area contributed by atoms with Gasteiger partial charge in [0, 0.05) is 13.0 Å². The first-order valence-electron chi connectivity index (χ1n) is 9.49. The molecular formula is C20H26N2O6. The first-order chi connectivity index (χ1) is 13.4. The minimum Gasteiger partial charge on any atom is -0.494 e. The van der Waals surface area contributed by atoms with Crippen molar-refractivity contribution in [3.63, 3.8) is 0 Å². The molecule has 0 radical (unpaired) electrons. The number of hydrogen-bond acceptors (Lipinski definition) is 5. The first-order valence-corrected chi connectivity index (χ1v) is 9.49. The summed E-state index contributed by atoms with van der Waals surface area (Å²) in [6, 6.07) is 5.77. The number of anilines is 1. The monoisotopic (exact) mass is 390 g/mol. The van der Waals surface area contributed by atoms with E-state index in [1.54, 1.807) is 24.3 Å². The summed E-state index contributed by atoms with van der Waals surface area (Å²) in [6.07, 6.45) is 0.856. The van der Waals surface area contributed by atoms with Gasteiger partial charge in [-0.25, -0.2) is 4.90 Å². The van der Waals surface area contributed by atoms with Crippen LogP contribution in [0.5, 0.6) is 5.75 Å². The fourth-order valence-corrected chi connectivity index (χ4v) is 3.09. The van der Waals surface area contributed by atoms with E-state index >= 15 is 0 Å². The third kappa shape index (κ3) is 5.09. The van der Waals surface area contributed by atoms with Crippen LogP contribution in [0.1, 0.15) is 46.0 Å². The number of amides is 3. The molecule has 1 saturated heterocycles. The summed E-state index contributed by atoms with van der Waals surface area (Å²) in [5, 5.41) is 8.79. The van der Waals surface area contributed by atoms with Gasteiger partial charge in [0.2, 0.25) is 11.8 Å². The largest absolute Gasteiger partial charge is 0.494 e. The van der Waals surface area contributed by atoms with Crippen molar-refractivity contribution < 1.29 is 29.0 Å². The molecule has 8 heteroatoms. The van der Waals surface area contributed by atoms with Gasteiger partial charge in [-0.05, 0) is 37.1 Å². The predicted octanol–water partition coefficient (Wildman–Crippen LogP) is 2.21. The third-order valence-corrected chi connectivity index (χ3v) is 4.40. The van der Waals surface area contributed by atoms with Crippen LogP contribution in [0.4, 0.5) is 5.69 Å². The van der Waals surface area contributed by atoms with E-state index in [9.17, 15) is 19.2 Å². The molecular weight excluding hydrogens is 364 g/mol. The number of hydrogen-bond donors (Lipinski definition) is 1. The van der Waals surface area contributed by atoms with Crippen LogP contribution in [0, 0.1) is 0 Å². The maximum absolute atomic E-state index is 12.9. The maximum atomic E-state index is 12.9. The summed E-state index contributed by atoms with van der Waals surface area (Å²) < 4.78 is 5.51. The third-order valence-electron chi connectivity index (χ3n) is 4.40. The molecule has 0 aliphatic carbocycles. The molecule has 1 N–H and O–H groups in total. The number of carbonyl (C=O) groups is 4. The van der Waals surface area contributed by atoms with E-state index in [4.69, 9.17) is 9.84 Å². The number of carbonyl (C=O) groups excluding carboxylic acids is 3. The number of imide groups is 1. The van der Waals surface area contributed by atoms with E-state index < -0.39 is 23.8 Å². The van der Waals surface area contributed by atoms with Crippen LogP contribution in [0.15, 0.2) is 24.3 Å². The Hall–Kier alpha value is -2.90. The van der Waals surface area contributed by atoms with Gasteiger partial charge in [-0.15, -0.1) is 0 Å². The van der Waals surface area contributed by atoms with E-state index in [0.717, 1.165) is 11.3 Å². The highest BCUT2D eigenvalue weighted by atomic mass is 16.5. The molecule has 1 aromatic carbocycles. The molecule has 0 unspecified atom stereocenters. The molecule has 0 aromatic heterocycles. The zero-order valence-corrected chi connectivity index (χ0v) is 16.2. The smallest absolute Gasteiger partial charge is 0.303 e. The van der Waals surface area contributed by atoms with Gasteiger partial charge < -0.3 is 14.7 Å². The van der Waals surface area contributed by atoms with Crippen LogP contribution in [0.25, 0.3) is 0 Å². The Balaban J connectivity index is 2.15. The van der Waals surface area contributed by atoms with Gasteiger partial charge in [-0.1, -0.05) is 13.8 Å². The Morgan fingerprint density at radius 3 is 2.39 bits per heavy atom. The predicted molar refractivity (Wildman–Crippen MR) is 102 cm³/mol. The van der Waals surface area contributed by atoms with Gasteiger partial charge in [0.25, 0.3) is 5.91 Å². The van der Waals surface area contributed by atoms with E-state index in [-0.39, 0.29) is 25.2 Å². The fraction of sp³-hybridized carbons (Fsp3) is 0.500. The van der Waals surface area contributed by atoms with Gasteiger partial charge >= 0.3 is 5.97 Å². The number of ether oxygens (including phenoxy) is 1. The highest BCUT2D eigenvalue weighted by Crippen LogP contribution is 2.28. The zero-order valence-electron chi connectivity index (χ0n) is 16.2. The zero-order chi connectivity index (χ0) is 20.7. The van der Waals surface area contributed by atoms with E-state index in [0.29, 0.717) is 31.0 Å². The van der Waals surface area contributed by atoms with Crippen molar-refractivity contribution >= 4 is 29.4 Å². The summed E-state index contributed by atoms with van der Waals surface area (Å²) in [6.45, 7) is 4.72. The van der Waals surface area contributed by atoms with Crippen molar-refractivity contribution in [2.75, 3.05) is 18.1 Å². The molecule has 1 atom stereocenters. The summed E-state index contributed by atoms with van der Waals surface area (Å²) in [5.41, 5.74) is 0.427. The number of rotatable bonds is 10. The molecule has 8 nitrogen and oxygen atoms in total. The van der Waals surface area contributed by atoms with Crippen molar-refractivity contribution in [1.29, 1.82) is 0 Å². The van der Waals surface area contributed by atoms with Gasteiger partial charge in [0.15, 0.2) is 0 Å². The molecule has 1 fully saturated rings. The van der Waals surface area contributed by atoms with E-state index in [2.05, 4.69) is 0 Å². The number of benzene rings is 1. The number of aliphatic carboxylic acids is 1. The van der Waals surface area contributed by atoms with Crippen molar-refractivity contribution in [2.45, 2.75) is 52.0 Å². The highest BCUT2D eigenvalue weighted by Gasteiger charge is 2.44. The topological polar surface area (TPSA) is 104 Å². The molecule has 0 bridgehead atoms. The van der Waals surface area contributed by atoms with Crippen molar-refractivity contribution in [3.8, 4) is 5.75 Å². The Morgan fingerprint density at radius 2 is 1.82 bits per heavy atom. The van der Waals surface area contributed by atoms with Crippen LogP contribution in [-0.2, 0) is 19.2 Å². The van der Waals surface area contributed by atoms with Gasteiger partial charge in [-0.3, -0.25) is 19.2 Å². The molecule has 1 aliphatic rings. The van der Waals surface area contributed by atoms with Crippen molar-refractivity contribution in [1.82, 2.24) is 4.90 Å². The van der Waals surface area contributed by atoms with E-state index in [1.807, 2.05) is 13.8 Å². The van der Waals surface area contributed by atoms with Crippen LogP contribution >= 0.6 is 0 Å². The lowest BCUT2D eigenvalue weighted by Crippen LogP contribution is -2.46. The number of carboxylic acid groups (broad SMARTS) is 1. The molecule has 3 amide bonds. The lowest BCUT2D eigenvalue weighted by molar-refractivity contribution is -0.143. The lowest BCUT2D eigenvalue weighted by atomic mass is 10.1. The molecule has 2 rings (SSSR count). The second-order valence-corrected chi connectivity index (χ2v) is 6.61. The van der Waals surface area contributed by atoms with Gasteiger partial charge in [-0.2, -0.15) is 0 Å². The summed E-state index contributed by atoms with van der Waals surface area (Å²) >= 11 is 0. The Kier molecular flexibility index (Phi) is 7.54. The van der Waals surface area contributed by atoms with Crippen LogP contribution in [-0.4, -0.2) is 52.9 Å². The molecule has 1 heterocycles. The van der Waals surface area contributed by atoms with Crippen LogP contribution < -0.4 is 9.64 Å². The summed E-state index contributed by atoms with van der Waals surface area (Å²) in [5.74, 6) is -1.71. The normalized spacial score (nSPS) is 16.4. The van der Waals surface area contributed by atoms with Crippen LogP contribution in [0.3, 0.4) is 0 Å². The maximum Gasteiger partial charge on any atom is 0.303 e. The number of nitrogens with zero attached hydrogens (tertiary/aromatic N) is 2. The molecule has 0 saturated carbocycles. The Bertz CT molecular complexity index is 731. The van der Waals surface area contributed by atoms with Crippen molar-refractivity contribution in [3.05, 3.63) is 24.3 Å². The lowest BCUT2D eigenvalue weighted by Gasteiger charge is -2.27. The molecule has 1 aromatic rings.